The predicted molar refractivity (Wildman–Crippen MR) is 80.6 cm³/mol. The van der Waals surface area contributed by atoms with Gasteiger partial charge in [-0.3, -0.25) is 4.79 Å². The van der Waals surface area contributed by atoms with Crippen molar-refractivity contribution in [1.82, 2.24) is 14.6 Å². The van der Waals surface area contributed by atoms with Gasteiger partial charge < -0.3 is 9.88 Å². The third-order valence-corrected chi connectivity index (χ3v) is 5.19. The molecule has 130 valence electrons. The molecule has 23 heavy (non-hydrogen) atoms. The number of aromatic amines is 1. The fourth-order valence-corrected chi connectivity index (χ4v) is 3.42. The van der Waals surface area contributed by atoms with Gasteiger partial charge in [-0.1, -0.05) is 0 Å². The van der Waals surface area contributed by atoms with Crippen LogP contribution < -0.4 is 4.72 Å². The molecule has 1 aromatic rings. The first-order chi connectivity index (χ1) is 10.6. The molecular weight excluding hydrogens is 349 g/mol. The van der Waals surface area contributed by atoms with Gasteiger partial charge in [0.15, 0.2) is 0 Å². The van der Waals surface area contributed by atoms with Crippen molar-refractivity contribution in [3.05, 3.63) is 18.0 Å². The molecule has 2 heterocycles. The van der Waals surface area contributed by atoms with E-state index in [4.69, 9.17) is 0 Å². The van der Waals surface area contributed by atoms with E-state index < -0.39 is 31.0 Å². The highest BCUT2D eigenvalue weighted by Crippen LogP contribution is 2.20. The molecule has 0 unspecified atom stereocenters. The maximum absolute atomic E-state index is 12.8. The van der Waals surface area contributed by atoms with Gasteiger partial charge in [0, 0.05) is 25.8 Å². The van der Waals surface area contributed by atoms with Crippen LogP contribution in [0, 0.1) is 5.92 Å². The predicted octanol–water partition coefficient (Wildman–Crippen LogP) is 0.0743. The lowest BCUT2D eigenvalue weighted by atomic mass is 9.97. The van der Waals surface area contributed by atoms with Crippen LogP contribution in [0.1, 0.15) is 23.3 Å². The van der Waals surface area contributed by atoms with Crippen molar-refractivity contribution in [2.24, 2.45) is 5.92 Å². The number of likely N-dealkylation sites (tertiary alicyclic amines) is 1. The van der Waals surface area contributed by atoms with Crippen LogP contribution in [0.2, 0.25) is 0 Å². The molecule has 1 fully saturated rings. The van der Waals surface area contributed by atoms with Crippen LogP contribution in [0.25, 0.3) is 0 Å². The van der Waals surface area contributed by atoms with Crippen molar-refractivity contribution in [3.8, 4) is 0 Å². The van der Waals surface area contributed by atoms with Gasteiger partial charge in [-0.05, 0) is 24.8 Å². The minimum atomic E-state index is -4.84. The van der Waals surface area contributed by atoms with Crippen LogP contribution in [0.4, 0.5) is 3.89 Å². The first kappa shape index (κ1) is 17.9. The summed E-state index contributed by atoms with van der Waals surface area (Å²) in [7, 11) is -8.08. The fourth-order valence-electron chi connectivity index (χ4n) is 2.42. The summed E-state index contributed by atoms with van der Waals surface area (Å²) in [5.74, 6) is -0.270. The number of nitrogens with one attached hydrogen (secondary N) is 2. The van der Waals surface area contributed by atoms with Crippen molar-refractivity contribution in [2.75, 3.05) is 25.9 Å². The Bertz CT molecular complexity index is 779. The van der Waals surface area contributed by atoms with E-state index in [0.717, 1.165) is 18.5 Å². The molecule has 0 saturated carbocycles. The average Bonchev–Trinajstić information content (AvgIpc) is 2.94. The Labute approximate surface area is 134 Å². The van der Waals surface area contributed by atoms with E-state index in [1.165, 1.54) is 4.90 Å². The van der Waals surface area contributed by atoms with Crippen LogP contribution in [0.3, 0.4) is 0 Å². The number of sulfonamides is 1. The summed E-state index contributed by atoms with van der Waals surface area (Å²) in [6.07, 6.45) is 3.28. The highest BCUT2D eigenvalue weighted by atomic mass is 32.3. The summed E-state index contributed by atoms with van der Waals surface area (Å²) in [4.78, 5) is 15.6. The summed E-state index contributed by atoms with van der Waals surface area (Å²) in [6.45, 7) is 1.17. The van der Waals surface area contributed by atoms with E-state index in [9.17, 15) is 25.5 Å². The number of hydrogen-bond donors (Lipinski definition) is 2. The van der Waals surface area contributed by atoms with Crippen LogP contribution in [0.15, 0.2) is 17.2 Å². The molecular formula is C12H18FN3O5S2. The molecule has 1 saturated heterocycles. The zero-order chi connectivity index (χ0) is 17.3. The summed E-state index contributed by atoms with van der Waals surface area (Å²) in [6, 6.07) is 0.967. The molecule has 0 aromatic carbocycles. The Balaban J connectivity index is 1.92. The van der Waals surface area contributed by atoms with Gasteiger partial charge >= 0.3 is 10.2 Å². The van der Waals surface area contributed by atoms with Crippen molar-refractivity contribution in [1.29, 1.82) is 0 Å². The molecule has 2 rings (SSSR count). The van der Waals surface area contributed by atoms with Crippen molar-refractivity contribution in [2.45, 2.75) is 17.7 Å². The van der Waals surface area contributed by atoms with E-state index in [0.29, 0.717) is 32.5 Å². The van der Waals surface area contributed by atoms with Gasteiger partial charge in [-0.25, -0.2) is 13.1 Å². The SMILES string of the molecule is CS(=O)(=O)NCC1CCN(C(=O)c2cc(S(=O)(=O)F)c[nH]2)CC1. The molecule has 0 atom stereocenters. The average molecular weight is 367 g/mol. The van der Waals surface area contributed by atoms with Gasteiger partial charge in [0.05, 0.1) is 6.26 Å². The Morgan fingerprint density at radius 1 is 1.35 bits per heavy atom. The summed E-state index contributed by atoms with van der Waals surface area (Å²) in [5, 5.41) is 0. The van der Waals surface area contributed by atoms with Crippen LogP contribution in [-0.2, 0) is 20.2 Å². The lowest BCUT2D eigenvalue weighted by molar-refractivity contribution is 0.0686. The largest absolute Gasteiger partial charge is 0.356 e. The van der Waals surface area contributed by atoms with Crippen LogP contribution in [0.5, 0.6) is 0 Å². The number of halogens is 1. The number of hydrogen-bond acceptors (Lipinski definition) is 5. The number of aromatic nitrogens is 1. The number of carbonyl (C=O) groups excluding carboxylic acids is 1. The molecule has 0 bridgehead atoms. The molecule has 11 heteroatoms. The first-order valence-electron chi connectivity index (χ1n) is 6.93. The van der Waals surface area contributed by atoms with Gasteiger partial charge in [0.25, 0.3) is 5.91 Å². The third kappa shape index (κ3) is 5.01. The smallest absolute Gasteiger partial charge is 0.333 e. The normalized spacial score (nSPS) is 17.4. The molecule has 1 aliphatic rings. The van der Waals surface area contributed by atoms with E-state index in [1.54, 1.807) is 0 Å². The number of rotatable bonds is 5. The quantitative estimate of drug-likeness (QED) is 0.715. The Morgan fingerprint density at radius 2 is 1.96 bits per heavy atom. The number of amides is 1. The summed E-state index contributed by atoms with van der Waals surface area (Å²) < 4.78 is 58.9. The lowest BCUT2D eigenvalue weighted by Gasteiger charge is -2.31. The second kappa shape index (κ2) is 6.57. The zero-order valence-electron chi connectivity index (χ0n) is 12.5. The van der Waals surface area contributed by atoms with Crippen molar-refractivity contribution in [3.63, 3.8) is 0 Å². The maximum atomic E-state index is 12.8. The van der Waals surface area contributed by atoms with Crippen molar-refractivity contribution < 1.29 is 25.5 Å². The minimum Gasteiger partial charge on any atom is -0.356 e. The number of nitrogens with zero attached hydrogens (tertiary/aromatic N) is 1. The molecule has 0 aliphatic carbocycles. The van der Waals surface area contributed by atoms with Crippen molar-refractivity contribution >= 4 is 26.2 Å². The van der Waals surface area contributed by atoms with E-state index in [2.05, 4.69) is 9.71 Å². The molecule has 8 nitrogen and oxygen atoms in total. The van der Waals surface area contributed by atoms with Gasteiger partial charge in [-0.15, -0.1) is 3.89 Å². The second-order valence-corrected chi connectivity index (χ2v) is 8.72. The molecule has 1 aliphatic heterocycles. The molecule has 1 aromatic heterocycles. The minimum absolute atomic E-state index is 0.00827. The fraction of sp³-hybridized carbons (Fsp3) is 0.583. The van der Waals surface area contributed by atoms with Crippen LogP contribution >= 0.6 is 0 Å². The van der Waals surface area contributed by atoms with Gasteiger partial charge in [-0.2, -0.15) is 8.42 Å². The van der Waals surface area contributed by atoms with E-state index in [-0.39, 0.29) is 11.6 Å². The first-order valence-corrected chi connectivity index (χ1v) is 10.2. The molecule has 1 amide bonds. The maximum Gasteiger partial charge on any atom is 0.333 e. The summed E-state index contributed by atoms with van der Waals surface area (Å²) >= 11 is 0. The van der Waals surface area contributed by atoms with Crippen LogP contribution in [-0.4, -0.2) is 58.5 Å². The van der Waals surface area contributed by atoms with Gasteiger partial charge in [0.1, 0.15) is 10.6 Å². The van der Waals surface area contributed by atoms with Gasteiger partial charge in [0.2, 0.25) is 10.0 Å². The van der Waals surface area contributed by atoms with E-state index in [1.807, 2.05) is 0 Å². The standard InChI is InChI=1S/C12H18FN3O5S2/c1-22(18,19)15-7-9-2-4-16(5-3-9)12(17)11-6-10(8-14-11)23(13,20)21/h6,8-9,14-15H,2-5,7H2,1H3. The summed E-state index contributed by atoms with van der Waals surface area (Å²) in [5.41, 5.74) is 0.00827. The third-order valence-electron chi connectivity index (χ3n) is 3.70. The number of piperidine rings is 1. The molecule has 0 spiro atoms. The highest BCUT2D eigenvalue weighted by Gasteiger charge is 2.26. The molecule has 2 N–H and O–H groups in total. The number of carbonyl (C=O) groups is 1. The Morgan fingerprint density at radius 3 is 2.43 bits per heavy atom. The van der Waals surface area contributed by atoms with E-state index >= 15 is 0 Å². The molecule has 0 radical (unpaired) electrons. The Kier molecular flexibility index (Phi) is 5.11. The zero-order valence-corrected chi connectivity index (χ0v) is 14.1. The lowest BCUT2D eigenvalue weighted by Crippen LogP contribution is -2.41. The monoisotopic (exact) mass is 367 g/mol. The Hall–Kier alpha value is -1.46. The highest BCUT2D eigenvalue weighted by molar-refractivity contribution is 7.88. The number of H-pyrrole nitrogens is 1. The second-order valence-electron chi connectivity index (χ2n) is 5.54. The topological polar surface area (TPSA) is 116 Å².